The van der Waals surface area contributed by atoms with Crippen molar-refractivity contribution in [3.05, 3.63) is 36.0 Å². The summed E-state index contributed by atoms with van der Waals surface area (Å²) in [4.78, 5) is 17.6. The first-order valence-corrected chi connectivity index (χ1v) is 6.33. The molecule has 0 saturated carbocycles. The van der Waals surface area contributed by atoms with Crippen molar-refractivity contribution < 1.29 is 9.90 Å². The molecule has 0 radical (unpaired) electrons. The number of aromatic nitrogens is 1. The first-order chi connectivity index (χ1) is 9.25. The van der Waals surface area contributed by atoms with Gasteiger partial charge in [-0.15, -0.1) is 0 Å². The standard InChI is InChI=1S/C14H15N3O2/c18-14(19)10-1-2-11-12(9-10)16-4-3-13(11)17-7-5-15-6-8-17/h1-4,9,15H,5-8H2,(H,18,19). The van der Waals surface area contributed by atoms with Gasteiger partial charge in [0.2, 0.25) is 0 Å². The number of hydrogen-bond donors (Lipinski definition) is 2. The summed E-state index contributed by atoms with van der Waals surface area (Å²) in [5, 5.41) is 13.3. The molecule has 2 aromatic rings. The van der Waals surface area contributed by atoms with E-state index in [0.717, 1.165) is 42.8 Å². The number of carboxylic acids is 1. The number of aromatic carboxylic acids is 1. The second-order valence-corrected chi connectivity index (χ2v) is 4.60. The van der Waals surface area contributed by atoms with Crippen LogP contribution < -0.4 is 10.2 Å². The van der Waals surface area contributed by atoms with Gasteiger partial charge in [0, 0.05) is 43.4 Å². The molecule has 1 fully saturated rings. The predicted octanol–water partition coefficient (Wildman–Crippen LogP) is 1.34. The highest BCUT2D eigenvalue weighted by atomic mass is 16.4. The maximum absolute atomic E-state index is 11.0. The van der Waals surface area contributed by atoms with Crippen molar-refractivity contribution in [3.8, 4) is 0 Å². The molecule has 1 saturated heterocycles. The highest BCUT2D eigenvalue weighted by Gasteiger charge is 2.14. The topological polar surface area (TPSA) is 65.5 Å². The van der Waals surface area contributed by atoms with E-state index in [0.29, 0.717) is 0 Å². The van der Waals surface area contributed by atoms with Crippen LogP contribution in [-0.4, -0.2) is 42.2 Å². The van der Waals surface area contributed by atoms with Crippen LogP contribution in [0.3, 0.4) is 0 Å². The first-order valence-electron chi connectivity index (χ1n) is 6.33. The Morgan fingerprint density at radius 1 is 1.26 bits per heavy atom. The summed E-state index contributed by atoms with van der Waals surface area (Å²) in [6.45, 7) is 3.85. The van der Waals surface area contributed by atoms with Crippen molar-refractivity contribution in [3.63, 3.8) is 0 Å². The lowest BCUT2D eigenvalue weighted by Crippen LogP contribution is -2.43. The summed E-state index contributed by atoms with van der Waals surface area (Å²) in [5.41, 5.74) is 2.14. The van der Waals surface area contributed by atoms with Crippen molar-refractivity contribution in [1.82, 2.24) is 10.3 Å². The highest BCUT2D eigenvalue weighted by molar-refractivity contribution is 5.97. The van der Waals surface area contributed by atoms with Gasteiger partial charge in [-0.1, -0.05) is 0 Å². The van der Waals surface area contributed by atoms with Gasteiger partial charge in [-0.25, -0.2) is 4.79 Å². The SMILES string of the molecule is O=C(O)c1ccc2c(N3CCNCC3)ccnc2c1. The quantitative estimate of drug-likeness (QED) is 0.850. The van der Waals surface area contributed by atoms with E-state index < -0.39 is 5.97 Å². The van der Waals surface area contributed by atoms with E-state index in [9.17, 15) is 4.79 Å². The third-order valence-electron chi connectivity index (χ3n) is 3.42. The third-order valence-corrected chi connectivity index (χ3v) is 3.42. The third kappa shape index (κ3) is 2.24. The summed E-state index contributed by atoms with van der Waals surface area (Å²) in [6, 6.07) is 7.11. The van der Waals surface area contributed by atoms with Crippen molar-refractivity contribution in [2.75, 3.05) is 31.1 Å². The lowest BCUT2D eigenvalue weighted by molar-refractivity contribution is 0.0697. The van der Waals surface area contributed by atoms with E-state index in [2.05, 4.69) is 15.2 Å². The van der Waals surface area contributed by atoms with Crippen LogP contribution in [0.5, 0.6) is 0 Å². The molecule has 0 aliphatic carbocycles. The minimum atomic E-state index is -0.920. The molecule has 5 heteroatoms. The van der Waals surface area contributed by atoms with E-state index in [1.54, 1.807) is 18.3 Å². The molecule has 0 amide bonds. The first kappa shape index (κ1) is 11.9. The zero-order valence-corrected chi connectivity index (χ0v) is 10.5. The van der Waals surface area contributed by atoms with Gasteiger partial charge in [0.05, 0.1) is 11.1 Å². The largest absolute Gasteiger partial charge is 0.478 e. The molecule has 19 heavy (non-hydrogen) atoms. The fraction of sp³-hybridized carbons (Fsp3) is 0.286. The minimum Gasteiger partial charge on any atom is -0.478 e. The Morgan fingerprint density at radius 2 is 2.05 bits per heavy atom. The molecule has 2 N–H and O–H groups in total. The number of anilines is 1. The Labute approximate surface area is 110 Å². The molecule has 98 valence electrons. The van der Waals surface area contributed by atoms with Gasteiger partial charge < -0.3 is 15.3 Å². The lowest BCUT2D eigenvalue weighted by atomic mass is 10.1. The van der Waals surface area contributed by atoms with E-state index in [-0.39, 0.29) is 5.56 Å². The summed E-state index contributed by atoms with van der Waals surface area (Å²) in [7, 11) is 0. The van der Waals surface area contributed by atoms with Crippen LogP contribution in [0.25, 0.3) is 10.9 Å². The predicted molar refractivity (Wildman–Crippen MR) is 73.8 cm³/mol. The van der Waals surface area contributed by atoms with Gasteiger partial charge in [-0.2, -0.15) is 0 Å². The molecule has 0 bridgehead atoms. The minimum absolute atomic E-state index is 0.275. The number of hydrogen-bond acceptors (Lipinski definition) is 4. The molecule has 0 spiro atoms. The maximum atomic E-state index is 11.0. The zero-order chi connectivity index (χ0) is 13.2. The van der Waals surface area contributed by atoms with E-state index in [4.69, 9.17) is 5.11 Å². The monoisotopic (exact) mass is 257 g/mol. The fourth-order valence-electron chi connectivity index (χ4n) is 2.45. The Bertz CT molecular complexity index is 621. The van der Waals surface area contributed by atoms with Crippen LogP contribution >= 0.6 is 0 Å². The van der Waals surface area contributed by atoms with Gasteiger partial charge in [0.25, 0.3) is 0 Å². The summed E-state index contributed by atoms with van der Waals surface area (Å²) in [5.74, 6) is -0.920. The average molecular weight is 257 g/mol. The normalized spacial score (nSPS) is 15.7. The van der Waals surface area contributed by atoms with Crippen molar-refractivity contribution in [1.29, 1.82) is 0 Å². The number of benzene rings is 1. The smallest absolute Gasteiger partial charge is 0.335 e. The molecular weight excluding hydrogens is 242 g/mol. The Balaban J connectivity index is 2.07. The highest BCUT2D eigenvalue weighted by Crippen LogP contribution is 2.26. The van der Waals surface area contributed by atoms with Crippen LogP contribution in [0.2, 0.25) is 0 Å². The zero-order valence-electron chi connectivity index (χ0n) is 10.5. The Kier molecular flexibility index (Phi) is 3.05. The van der Waals surface area contributed by atoms with Crippen molar-refractivity contribution in [2.45, 2.75) is 0 Å². The number of carbonyl (C=O) groups is 1. The fourth-order valence-corrected chi connectivity index (χ4v) is 2.45. The number of pyridine rings is 1. The molecule has 1 aromatic carbocycles. The van der Waals surface area contributed by atoms with Crippen molar-refractivity contribution in [2.24, 2.45) is 0 Å². The number of piperazine rings is 1. The molecule has 2 heterocycles. The van der Waals surface area contributed by atoms with Crippen LogP contribution in [0.1, 0.15) is 10.4 Å². The van der Waals surface area contributed by atoms with Crippen LogP contribution in [0.4, 0.5) is 5.69 Å². The Hall–Kier alpha value is -2.14. The van der Waals surface area contributed by atoms with E-state index in [1.165, 1.54) is 0 Å². The maximum Gasteiger partial charge on any atom is 0.335 e. The summed E-state index contributed by atoms with van der Waals surface area (Å²) in [6.07, 6.45) is 1.74. The summed E-state index contributed by atoms with van der Waals surface area (Å²) >= 11 is 0. The van der Waals surface area contributed by atoms with Gasteiger partial charge in [0.1, 0.15) is 0 Å². The number of carboxylic acid groups (broad SMARTS) is 1. The van der Waals surface area contributed by atoms with Crippen molar-refractivity contribution >= 4 is 22.6 Å². The molecule has 1 aliphatic rings. The molecule has 5 nitrogen and oxygen atoms in total. The summed E-state index contributed by atoms with van der Waals surface area (Å²) < 4.78 is 0. The second-order valence-electron chi connectivity index (χ2n) is 4.60. The second kappa shape index (κ2) is 4.85. The van der Waals surface area contributed by atoms with Crippen LogP contribution in [0.15, 0.2) is 30.5 Å². The number of nitrogens with zero attached hydrogens (tertiary/aromatic N) is 2. The van der Waals surface area contributed by atoms with E-state index >= 15 is 0 Å². The molecule has 1 aromatic heterocycles. The average Bonchev–Trinajstić information content (AvgIpc) is 2.47. The molecule has 1 aliphatic heterocycles. The Morgan fingerprint density at radius 3 is 2.79 bits per heavy atom. The van der Waals surface area contributed by atoms with Crippen LogP contribution in [0, 0.1) is 0 Å². The van der Waals surface area contributed by atoms with Gasteiger partial charge in [-0.3, -0.25) is 4.98 Å². The molecule has 0 unspecified atom stereocenters. The molecule has 3 rings (SSSR count). The van der Waals surface area contributed by atoms with Gasteiger partial charge >= 0.3 is 5.97 Å². The molecular formula is C14H15N3O2. The van der Waals surface area contributed by atoms with E-state index in [1.807, 2.05) is 12.1 Å². The number of rotatable bonds is 2. The van der Waals surface area contributed by atoms with Gasteiger partial charge in [0.15, 0.2) is 0 Å². The van der Waals surface area contributed by atoms with Crippen LogP contribution in [-0.2, 0) is 0 Å². The number of fused-ring (bicyclic) bond motifs is 1. The lowest BCUT2D eigenvalue weighted by Gasteiger charge is -2.30. The number of nitrogens with one attached hydrogen (secondary N) is 1. The molecule has 0 atom stereocenters. The van der Waals surface area contributed by atoms with Gasteiger partial charge in [-0.05, 0) is 24.3 Å².